The molecule has 0 spiro atoms. The first-order valence-electron chi connectivity index (χ1n) is 11.0. The van der Waals surface area contributed by atoms with Crippen LogP contribution in [0.3, 0.4) is 0 Å². The first-order valence-corrected chi connectivity index (χ1v) is 11.0. The van der Waals surface area contributed by atoms with Crippen molar-refractivity contribution in [2.24, 2.45) is 11.3 Å². The zero-order valence-electron chi connectivity index (χ0n) is 19.4. The molecule has 1 aromatic heterocycles. The first kappa shape index (κ1) is 23.9. The summed E-state index contributed by atoms with van der Waals surface area (Å²) in [6.45, 7) is 12.7. The Hall–Kier alpha value is -2.77. The lowest BCUT2D eigenvalue weighted by atomic mass is 9.84. The molecule has 32 heavy (non-hydrogen) atoms. The lowest BCUT2D eigenvalue weighted by molar-refractivity contribution is -0.134. The Morgan fingerprint density at radius 2 is 1.94 bits per heavy atom. The molecule has 1 amide bonds. The number of nitrogens with zero attached hydrogens (tertiary/aromatic N) is 4. The van der Waals surface area contributed by atoms with Crippen LogP contribution in [0.4, 0.5) is 14.6 Å². The van der Waals surface area contributed by atoms with Crippen molar-refractivity contribution in [3.05, 3.63) is 42.2 Å². The third kappa shape index (κ3) is 6.37. The van der Waals surface area contributed by atoms with Gasteiger partial charge in [0.2, 0.25) is 11.8 Å². The highest BCUT2D eigenvalue weighted by Crippen LogP contribution is 2.28. The van der Waals surface area contributed by atoms with Crippen LogP contribution in [0.5, 0.6) is 11.6 Å². The molecule has 1 aliphatic rings. The summed E-state index contributed by atoms with van der Waals surface area (Å²) in [6.07, 6.45) is 2.94. The normalized spacial score (nSPS) is 17.9. The molecule has 3 rings (SSSR count). The van der Waals surface area contributed by atoms with E-state index in [1.54, 1.807) is 6.07 Å². The second-order valence-electron chi connectivity index (χ2n) is 9.85. The Bertz CT molecular complexity index is 948. The monoisotopic (exact) mass is 446 g/mol. The Labute approximate surface area is 188 Å². The van der Waals surface area contributed by atoms with E-state index in [2.05, 4.69) is 42.6 Å². The molecular formula is C24H32F2N4O2. The van der Waals surface area contributed by atoms with Crippen molar-refractivity contribution in [2.45, 2.75) is 53.5 Å². The Morgan fingerprint density at radius 1 is 1.19 bits per heavy atom. The van der Waals surface area contributed by atoms with E-state index in [1.165, 1.54) is 12.4 Å². The fourth-order valence-corrected chi connectivity index (χ4v) is 4.29. The van der Waals surface area contributed by atoms with E-state index in [0.29, 0.717) is 37.8 Å². The Kier molecular flexibility index (Phi) is 7.31. The molecule has 6 nitrogen and oxygen atoms in total. The summed E-state index contributed by atoms with van der Waals surface area (Å²) in [5, 5.41) is 0. The number of aromatic nitrogens is 2. The average Bonchev–Trinajstić information content (AvgIpc) is 2.69. The van der Waals surface area contributed by atoms with Gasteiger partial charge in [-0.25, -0.2) is 18.7 Å². The van der Waals surface area contributed by atoms with Crippen LogP contribution in [-0.2, 0) is 4.79 Å². The number of piperazine rings is 1. The molecule has 1 saturated heterocycles. The van der Waals surface area contributed by atoms with Crippen LogP contribution in [0.2, 0.25) is 0 Å². The molecule has 0 radical (unpaired) electrons. The molecule has 0 bridgehead atoms. The third-order valence-electron chi connectivity index (χ3n) is 5.50. The second-order valence-corrected chi connectivity index (χ2v) is 9.85. The van der Waals surface area contributed by atoms with Crippen molar-refractivity contribution in [1.82, 2.24) is 14.9 Å². The van der Waals surface area contributed by atoms with Crippen molar-refractivity contribution >= 4 is 11.7 Å². The molecule has 1 aromatic carbocycles. The molecule has 0 aliphatic carbocycles. The fraction of sp³-hybridized carbons (Fsp3) is 0.542. The Balaban J connectivity index is 1.60. The Morgan fingerprint density at radius 3 is 2.59 bits per heavy atom. The molecule has 174 valence electrons. The van der Waals surface area contributed by atoms with Crippen LogP contribution in [0, 0.1) is 23.0 Å². The average molecular weight is 447 g/mol. The zero-order chi connectivity index (χ0) is 23.5. The number of anilines is 1. The van der Waals surface area contributed by atoms with Gasteiger partial charge in [-0.05, 0) is 36.8 Å². The summed E-state index contributed by atoms with van der Waals surface area (Å²) >= 11 is 0. The van der Waals surface area contributed by atoms with Crippen molar-refractivity contribution in [3.8, 4) is 11.6 Å². The van der Waals surface area contributed by atoms with E-state index in [9.17, 15) is 13.6 Å². The van der Waals surface area contributed by atoms with Gasteiger partial charge >= 0.3 is 0 Å². The highest BCUT2D eigenvalue weighted by Gasteiger charge is 2.29. The minimum absolute atomic E-state index is 0.0450. The van der Waals surface area contributed by atoms with Crippen molar-refractivity contribution in [2.75, 3.05) is 24.5 Å². The molecule has 2 aromatic rings. The number of carbonyl (C=O) groups is 1. The van der Waals surface area contributed by atoms with Crippen molar-refractivity contribution in [3.63, 3.8) is 0 Å². The molecule has 1 fully saturated rings. The maximum Gasteiger partial charge on any atom is 0.224 e. The smallest absolute Gasteiger partial charge is 0.224 e. The number of halogens is 2. The zero-order valence-corrected chi connectivity index (χ0v) is 19.4. The van der Waals surface area contributed by atoms with Gasteiger partial charge in [0.15, 0.2) is 11.6 Å². The fourth-order valence-electron chi connectivity index (χ4n) is 4.29. The van der Waals surface area contributed by atoms with E-state index >= 15 is 0 Å². The topological polar surface area (TPSA) is 58.6 Å². The number of hydrogen-bond donors (Lipinski definition) is 0. The van der Waals surface area contributed by atoms with Gasteiger partial charge in [0.1, 0.15) is 17.9 Å². The molecular weight excluding hydrogens is 414 g/mol. The molecule has 2 atom stereocenters. The molecule has 0 unspecified atom stereocenters. The maximum absolute atomic E-state index is 13.4. The molecule has 2 heterocycles. The van der Waals surface area contributed by atoms with Crippen LogP contribution in [0.15, 0.2) is 30.6 Å². The van der Waals surface area contributed by atoms with Gasteiger partial charge in [0.25, 0.3) is 0 Å². The summed E-state index contributed by atoms with van der Waals surface area (Å²) in [5.41, 5.74) is 0.205. The van der Waals surface area contributed by atoms with Crippen LogP contribution >= 0.6 is 0 Å². The maximum atomic E-state index is 13.4. The van der Waals surface area contributed by atoms with E-state index in [-0.39, 0.29) is 29.0 Å². The van der Waals surface area contributed by atoms with Gasteiger partial charge in [0.05, 0.1) is 0 Å². The van der Waals surface area contributed by atoms with Crippen LogP contribution in [0.1, 0.15) is 47.5 Å². The third-order valence-corrected chi connectivity index (χ3v) is 5.50. The highest BCUT2D eigenvalue weighted by atomic mass is 19.2. The number of carbonyl (C=O) groups excluding carboxylic acids is 1. The van der Waals surface area contributed by atoms with Crippen LogP contribution < -0.4 is 9.64 Å². The van der Waals surface area contributed by atoms with E-state index in [0.717, 1.165) is 18.6 Å². The van der Waals surface area contributed by atoms with Gasteiger partial charge in [-0.2, -0.15) is 0 Å². The number of hydrogen-bond acceptors (Lipinski definition) is 5. The summed E-state index contributed by atoms with van der Waals surface area (Å²) in [6, 6.07) is 5.03. The second kappa shape index (κ2) is 9.79. The standard InChI is InChI=1S/C24H32F2N4O2/c1-16(13-24(3,4)5)10-23(31)30-9-8-29(14-17(30)2)21-12-22(28-15-27-21)32-18-6-7-19(25)20(26)11-18/h6-7,11-12,15-17H,8-10,13-14H2,1-5H3/t16-,17-/m0/s1. The number of ether oxygens (including phenoxy) is 1. The summed E-state index contributed by atoms with van der Waals surface area (Å²) in [4.78, 5) is 25.3. The van der Waals surface area contributed by atoms with Crippen molar-refractivity contribution in [1.29, 1.82) is 0 Å². The van der Waals surface area contributed by atoms with Gasteiger partial charge in [-0.15, -0.1) is 0 Å². The summed E-state index contributed by atoms with van der Waals surface area (Å²) < 4.78 is 32.1. The lowest BCUT2D eigenvalue weighted by Crippen LogP contribution is -2.54. The summed E-state index contributed by atoms with van der Waals surface area (Å²) in [5.74, 6) is -0.329. The van der Waals surface area contributed by atoms with Crippen molar-refractivity contribution < 1.29 is 18.3 Å². The van der Waals surface area contributed by atoms with E-state index in [4.69, 9.17) is 4.74 Å². The quantitative estimate of drug-likeness (QED) is 0.622. The van der Waals surface area contributed by atoms with Gasteiger partial charge in [0, 0.05) is 44.2 Å². The van der Waals surface area contributed by atoms with E-state index in [1.807, 2.05) is 11.8 Å². The lowest BCUT2D eigenvalue weighted by Gasteiger charge is -2.41. The predicted octanol–water partition coefficient (Wildman–Crippen LogP) is 5.05. The predicted molar refractivity (Wildman–Crippen MR) is 120 cm³/mol. The molecule has 0 N–H and O–H groups in total. The SMILES string of the molecule is C[C@@H](CC(=O)N1CCN(c2cc(Oc3ccc(F)c(F)c3)ncn2)C[C@@H]1C)CC(C)(C)C. The molecule has 8 heteroatoms. The van der Waals surface area contributed by atoms with Gasteiger partial charge < -0.3 is 14.5 Å². The number of benzene rings is 1. The largest absolute Gasteiger partial charge is 0.439 e. The van der Waals surface area contributed by atoms with Gasteiger partial charge in [-0.3, -0.25) is 4.79 Å². The minimum atomic E-state index is -0.983. The first-order chi connectivity index (χ1) is 15.0. The van der Waals surface area contributed by atoms with Crippen LogP contribution in [-0.4, -0.2) is 46.5 Å². The summed E-state index contributed by atoms with van der Waals surface area (Å²) in [7, 11) is 0. The van der Waals surface area contributed by atoms with Crippen LogP contribution in [0.25, 0.3) is 0 Å². The molecule has 0 saturated carbocycles. The van der Waals surface area contributed by atoms with Gasteiger partial charge in [-0.1, -0.05) is 27.7 Å². The minimum Gasteiger partial charge on any atom is -0.439 e. The molecule has 1 aliphatic heterocycles. The highest BCUT2D eigenvalue weighted by molar-refractivity contribution is 5.77. The van der Waals surface area contributed by atoms with E-state index < -0.39 is 11.6 Å². The number of rotatable bonds is 6. The number of amides is 1.